The first-order valence-corrected chi connectivity index (χ1v) is 10.6. The second-order valence-electron chi connectivity index (χ2n) is 8.05. The average Bonchev–Trinajstić information content (AvgIpc) is 2.78. The lowest BCUT2D eigenvalue weighted by molar-refractivity contribution is -0.117. The molecular formula is C25H30N4O. The molecule has 0 unspecified atom stereocenters. The minimum absolute atomic E-state index is 0.173. The van der Waals surface area contributed by atoms with E-state index in [4.69, 9.17) is 0 Å². The summed E-state index contributed by atoms with van der Waals surface area (Å²) in [4.78, 5) is 16.8. The van der Waals surface area contributed by atoms with E-state index in [2.05, 4.69) is 69.7 Å². The van der Waals surface area contributed by atoms with Crippen LogP contribution in [-0.2, 0) is 4.79 Å². The summed E-state index contributed by atoms with van der Waals surface area (Å²) in [5, 5.41) is 12.2. The summed E-state index contributed by atoms with van der Waals surface area (Å²) in [5.74, 6) is 0.0606. The van der Waals surface area contributed by atoms with Gasteiger partial charge in [0.1, 0.15) is 11.6 Å². The molecule has 1 heterocycles. The van der Waals surface area contributed by atoms with Crippen molar-refractivity contribution < 1.29 is 4.79 Å². The molecule has 5 nitrogen and oxygen atoms in total. The molecule has 1 amide bonds. The summed E-state index contributed by atoms with van der Waals surface area (Å²) in [6.45, 7) is 7.91. The highest BCUT2D eigenvalue weighted by Crippen LogP contribution is 2.29. The summed E-state index contributed by atoms with van der Waals surface area (Å²) >= 11 is 0. The lowest BCUT2D eigenvalue weighted by atomic mass is 9.96. The van der Waals surface area contributed by atoms with Gasteiger partial charge in [0.05, 0.1) is 6.04 Å². The largest absolute Gasteiger partial charge is 0.374 e. The van der Waals surface area contributed by atoms with Crippen LogP contribution in [0.1, 0.15) is 31.0 Å². The Morgan fingerprint density at radius 2 is 1.53 bits per heavy atom. The van der Waals surface area contributed by atoms with Crippen LogP contribution in [0, 0.1) is 17.2 Å². The Balaban J connectivity index is 1.69. The van der Waals surface area contributed by atoms with Gasteiger partial charge in [-0.05, 0) is 17.0 Å². The zero-order chi connectivity index (χ0) is 21.3. The van der Waals surface area contributed by atoms with Gasteiger partial charge in [0, 0.05) is 38.9 Å². The maximum Gasteiger partial charge on any atom is 0.263 e. The number of hydrogen-bond donors (Lipinski definition) is 1. The van der Waals surface area contributed by atoms with Gasteiger partial charge in [0.2, 0.25) is 0 Å². The zero-order valence-corrected chi connectivity index (χ0v) is 17.8. The van der Waals surface area contributed by atoms with Gasteiger partial charge in [-0.15, -0.1) is 0 Å². The smallest absolute Gasteiger partial charge is 0.263 e. The van der Waals surface area contributed by atoms with Gasteiger partial charge in [-0.3, -0.25) is 9.69 Å². The maximum absolute atomic E-state index is 12.3. The molecule has 0 atom stereocenters. The molecule has 0 spiro atoms. The van der Waals surface area contributed by atoms with Crippen molar-refractivity contribution in [3.05, 3.63) is 83.6 Å². The topological polar surface area (TPSA) is 59.4 Å². The van der Waals surface area contributed by atoms with Crippen LogP contribution in [-0.4, -0.2) is 48.4 Å². The molecule has 1 aliphatic heterocycles. The molecular weight excluding hydrogens is 372 g/mol. The number of carbonyl (C=O) groups excluding carboxylic acids is 1. The third-order valence-electron chi connectivity index (χ3n) is 5.29. The van der Waals surface area contributed by atoms with E-state index >= 15 is 0 Å². The highest BCUT2D eigenvalue weighted by atomic mass is 16.1. The van der Waals surface area contributed by atoms with Crippen LogP contribution >= 0.6 is 0 Å². The first kappa shape index (κ1) is 21.6. The molecule has 1 fully saturated rings. The van der Waals surface area contributed by atoms with Crippen molar-refractivity contribution in [2.45, 2.75) is 19.9 Å². The van der Waals surface area contributed by atoms with Crippen molar-refractivity contribution in [1.29, 1.82) is 5.26 Å². The molecule has 0 bridgehead atoms. The number of nitrogens with zero attached hydrogens (tertiary/aromatic N) is 3. The van der Waals surface area contributed by atoms with E-state index in [0.29, 0.717) is 12.5 Å². The van der Waals surface area contributed by atoms with E-state index in [0.717, 1.165) is 26.2 Å². The molecule has 0 aliphatic carbocycles. The van der Waals surface area contributed by atoms with Crippen LogP contribution in [0.2, 0.25) is 0 Å². The zero-order valence-electron chi connectivity index (χ0n) is 17.8. The minimum Gasteiger partial charge on any atom is -0.374 e. The highest BCUT2D eigenvalue weighted by Gasteiger charge is 2.26. The number of carbonyl (C=O) groups is 1. The van der Waals surface area contributed by atoms with Crippen molar-refractivity contribution >= 4 is 5.91 Å². The van der Waals surface area contributed by atoms with E-state index in [1.165, 1.54) is 11.1 Å². The van der Waals surface area contributed by atoms with Crippen LogP contribution in [0.4, 0.5) is 0 Å². The molecule has 2 aromatic rings. The summed E-state index contributed by atoms with van der Waals surface area (Å²) < 4.78 is 0. The predicted octanol–water partition coefficient (Wildman–Crippen LogP) is 3.57. The number of nitrogens with one attached hydrogen (secondary N) is 1. The number of nitriles is 1. The third-order valence-corrected chi connectivity index (χ3v) is 5.29. The summed E-state index contributed by atoms with van der Waals surface area (Å²) in [6.07, 6.45) is 1.72. The number of amides is 1. The molecule has 5 heteroatoms. The molecule has 0 aromatic heterocycles. The monoisotopic (exact) mass is 402 g/mol. The molecule has 1 N–H and O–H groups in total. The second kappa shape index (κ2) is 10.6. The minimum atomic E-state index is -0.292. The molecule has 30 heavy (non-hydrogen) atoms. The Hall–Kier alpha value is -3.10. The molecule has 1 aliphatic rings. The number of rotatable bonds is 7. The summed E-state index contributed by atoms with van der Waals surface area (Å²) in [5.41, 5.74) is 2.73. The number of benzene rings is 2. The first-order chi connectivity index (χ1) is 14.6. The normalized spacial score (nSPS) is 15.3. The first-order valence-electron chi connectivity index (χ1n) is 10.6. The van der Waals surface area contributed by atoms with Crippen LogP contribution in [0.15, 0.2) is 72.4 Å². The van der Waals surface area contributed by atoms with Gasteiger partial charge in [0.15, 0.2) is 0 Å². The van der Waals surface area contributed by atoms with Crippen molar-refractivity contribution in [3.63, 3.8) is 0 Å². The molecule has 1 saturated heterocycles. The van der Waals surface area contributed by atoms with E-state index in [9.17, 15) is 10.1 Å². The van der Waals surface area contributed by atoms with E-state index < -0.39 is 0 Å². The predicted molar refractivity (Wildman–Crippen MR) is 119 cm³/mol. The highest BCUT2D eigenvalue weighted by molar-refractivity contribution is 5.97. The maximum atomic E-state index is 12.3. The van der Waals surface area contributed by atoms with Crippen LogP contribution in [0.3, 0.4) is 0 Å². The van der Waals surface area contributed by atoms with E-state index in [1.54, 1.807) is 6.20 Å². The van der Waals surface area contributed by atoms with Crippen LogP contribution in [0.25, 0.3) is 0 Å². The van der Waals surface area contributed by atoms with Gasteiger partial charge in [-0.2, -0.15) is 5.26 Å². The SMILES string of the molecule is CC(C)CNC(=O)/C(C#N)=C\N1CCN(C(c2ccccc2)c2ccccc2)CC1. The number of piperazine rings is 1. The summed E-state index contributed by atoms with van der Waals surface area (Å²) in [7, 11) is 0. The third kappa shape index (κ3) is 5.71. The van der Waals surface area contributed by atoms with Crippen LogP contribution < -0.4 is 5.32 Å². The summed E-state index contributed by atoms with van der Waals surface area (Å²) in [6, 6.07) is 23.4. The average molecular weight is 403 g/mol. The Morgan fingerprint density at radius 1 is 1.00 bits per heavy atom. The molecule has 3 rings (SSSR count). The van der Waals surface area contributed by atoms with Gasteiger partial charge < -0.3 is 10.2 Å². The fraction of sp³-hybridized carbons (Fsp3) is 0.360. The molecule has 2 aromatic carbocycles. The van der Waals surface area contributed by atoms with Crippen molar-refractivity contribution in [1.82, 2.24) is 15.1 Å². The van der Waals surface area contributed by atoms with Crippen LogP contribution in [0.5, 0.6) is 0 Å². The second-order valence-corrected chi connectivity index (χ2v) is 8.05. The van der Waals surface area contributed by atoms with Crippen molar-refractivity contribution in [3.8, 4) is 6.07 Å². The lowest BCUT2D eigenvalue weighted by Crippen LogP contribution is -2.46. The molecule has 156 valence electrons. The van der Waals surface area contributed by atoms with Gasteiger partial charge in [-0.25, -0.2) is 0 Å². The van der Waals surface area contributed by atoms with Crippen molar-refractivity contribution in [2.24, 2.45) is 5.92 Å². The Labute approximate surface area is 179 Å². The standard InChI is InChI=1S/C25H30N4O/c1-20(2)18-27-25(30)23(17-26)19-28-13-15-29(16-14-28)24(21-9-5-3-6-10-21)22-11-7-4-8-12-22/h3-12,19-20,24H,13-16,18H2,1-2H3,(H,27,30)/b23-19-. The van der Waals surface area contributed by atoms with Gasteiger partial charge >= 0.3 is 0 Å². The quantitative estimate of drug-likeness (QED) is 0.568. The Bertz CT molecular complexity index is 839. The molecule has 0 radical (unpaired) electrons. The Morgan fingerprint density at radius 3 is 2.00 bits per heavy atom. The number of hydrogen-bond acceptors (Lipinski definition) is 4. The lowest BCUT2D eigenvalue weighted by Gasteiger charge is -2.39. The van der Waals surface area contributed by atoms with Gasteiger partial charge in [0.25, 0.3) is 5.91 Å². The fourth-order valence-corrected chi connectivity index (χ4v) is 3.72. The van der Waals surface area contributed by atoms with E-state index in [1.807, 2.05) is 26.0 Å². The molecule has 0 saturated carbocycles. The van der Waals surface area contributed by atoms with Crippen molar-refractivity contribution in [2.75, 3.05) is 32.7 Å². The Kier molecular flexibility index (Phi) is 7.64. The fourth-order valence-electron chi connectivity index (χ4n) is 3.72. The van der Waals surface area contributed by atoms with Gasteiger partial charge in [-0.1, -0.05) is 74.5 Å². The van der Waals surface area contributed by atoms with E-state index in [-0.39, 0.29) is 17.5 Å².